The maximum atomic E-state index is 12.2. The zero-order valence-electron chi connectivity index (χ0n) is 11.4. The number of benzene rings is 1. The van der Waals surface area contributed by atoms with Gasteiger partial charge in [-0.2, -0.15) is 8.42 Å². The highest BCUT2D eigenvalue weighted by Crippen LogP contribution is 2.30. The van der Waals surface area contributed by atoms with Gasteiger partial charge in [0.1, 0.15) is 5.75 Å². The molecule has 0 atom stereocenters. The third kappa shape index (κ3) is 2.82. The van der Waals surface area contributed by atoms with E-state index in [0.717, 1.165) is 21.6 Å². The Hall–Kier alpha value is -1.33. The summed E-state index contributed by atoms with van der Waals surface area (Å²) in [4.78, 5) is 0.944. The third-order valence-corrected chi connectivity index (χ3v) is 5.70. The topological polar surface area (TPSA) is 43.4 Å². The van der Waals surface area contributed by atoms with E-state index in [1.54, 1.807) is 12.1 Å². The summed E-state index contributed by atoms with van der Waals surface area (Å²) in [7, 11) is -3.74. The van der Waals surface area contributed by atoms with Gasteiger partial charge in [0.15, 0.2) is 4.21 Å². The van der Waals surface area contributed by atoms with Crippen molar-refractivity contribution < 1.29 is 12.6 Å². The SMILES string of the molecule is Cc1ccc(S(=O)(=O)Oc2c(C)ccc(C)c2C)s1. The van der Waals surface area contributed by atoms with Gasteiger partial charge < -0.3 is 4.18 Å². The van der Waals surface area contributed by atoms with Crippen LogP contribution >= 0.6 is 11.3 Å². The van der Waals surface area contributed by atoms with E-state index in [9.17, 15) is 8.42 Å². The molecule has 1 aromatic carbocycles. The molecule has 0 aliphatic heterocycles. The summed E-state index contributed by atoms with van der Waals surface area (Å²) in [6.45, 7) is 7.51. The lowest BCUT2D eigenvalue weighted by Gasteiger charge is -2.12. The molecule has 0 aliphatic carbocycles. The van der Waals surface area contributed by atoms with E-state index >= 15 is 0 Å². The predicted octanol–water partition coefficient (Wildman–Crippen LogP) is 3.75. The van der Waals surface area contributed by atoms with Gasteiger partial charge in [-0.15, -0.1) is 11.3 Å². The maximum Gasteiger partial charge on any atom is 0.348 e. The highest BCUT2D eigenvalue weighted by molar-refractivity contribution is 7.89. The Morgan fingerprint density at radius 2 is 1.58 bits per heavy atom. The summed E-state index contributed by atoms with van der Waals surface area (Å²) in [5.74, 6) is 0.436. The molecule has 0 N–H and O–H groups in total. The highest BCUT2D eigenvalue weighted by Gasteiger charge is 2.21. The summed E-state index contributed by atoms with van der Waals surface area (Å²) in [5.41, 5.74) is 2.69. The molecule has 102 valence electrons. The van der Waals surface area contributed by atoms with Crippen molar-refractivity contribution in [2.45, 2.75) is 31.9 Å². The van der Waals surface area contributed by atoms with Crippen LogP contribution in [0.1, 0.15) is 21.6 Å². The Bertz CT molecular complexity index is 712. The van der Waals surface area contributed by atoms with Crippen LogP contribution in [0.25, 0.3) is 0 Å². The number of aryl methyl sites for hydroxylation is 3. The minimum absolute atomic E-state index is 0.241. The van der Waals surface area contributed by atoms with Gasteiger partial charge in [-0.25, -0.2) is 0 Å². The molecule has 5 heteroatoms. The lowest BCUT2D eigenvalue weighted by Crippen LogP contribution is -2.10. The van der Waals surface area contributed by atoms with Gasteiger partial charge in [0.25, 0.3) is 0 Å². The van der Waals surface area contributed by atoms with E-state index < -0.39 is 10.1 Å². The molecule has 0 aliphatic rings. The average Bonchev–Trinajstić information content (AvgIpc) is 2.77. The van der Waals surface area contributed by atoms with Crippen LogP contribution < -0.4 is 4.18 Å². The predicted molar refractivity (Wildman–Crippen MR) is 77.5 cm³/mol. The minimum Gasteiger partial charge on any atom is -0.378 e. The summed E-state index contributed by atoms with van der Waals surface area (Å²) in [5, 5.41) is 0. The van der Waals surface area contributed by atoms with Crippen LogP contribution in [0.4, 0.5) is 0 Å². The van der Waals surface area contributed by atoms with Gasteiger partial charge in [-0.3, -0.25) is 0 Å². The van der Waals surface area contributed by atoms with Gasteiger partial charge in [0.2, 0.25) is 0 Å². The molecular formula is C14H16O3S2. The first-order valence-electron chi connectivity index (χ1n) is 5.89. The van der Waals surface area contributed by atoms with E-state index in [2.05, 4.69) is 0 Å². The molecule has 0 amide bonds. The molecule has 2 rings (SSSR count). The molecular weight excluding hydrogens is 280 g/mol. The van der Waals surface area contributed by atoms with Crippen molar-refractivity contribution in [3.8, 4) is 5.75 Å². The number of hydrogen-bond acceptors (Lipinski definition) is 4. The molecule has 0 unspecified atom stereocenters. The zero-order chi connectivity index (χ0) is 14.2. The van der Waals surface area contributed by atoms with E-state index in [1.807, 2.05) is 39.8 Å². The number of rotatable bonds is 3. The summed E-state index contributed by atoms with van der Waals surface area (Å²) in [6.07, 6.45) is 0. The third-order valence-electron chi connectivity index (χ3n) is 3.03. The van der Waals surface area contributed by atoms with Crippen molar-refractivity contribution in [3.05, 3.63) is 45.8 Å². The summed E-state index contributed by atoms with van der Waals surface area (Å²) >= 11 is 1.22. The molecule has 0 saturated carbocycles. The lowest BCUT2D eigenvalue weighted by molar-refractivity contribution is 0.484. The molecule has 0 spiro atoms. The van der Waals surface area contributed by atoms with E-state index in [0.29, 0.717) is 5.75 Å². The Labute approximate surface area is 118 Å². The van der Waals surface area contributed by atoms with Crippen LogP contribution in [0.15, 0.2) is 28.5 Å². The Morgan fingerprint density at radius 1 is 0.947 bits per heavy atom. The smallest absolute Gasteiger partial charge is 0.348 e. The fourth-order valence-electron chi connectivity index (χ4n) is 1.75. The first-order chi connectivity index (χ1) is 8.81. The second-order valence-corrected chi connectivity index (χ2v) is 7.62. The average molecular weight is 296 g/mol. The molecule has 0 fully saturated rings. The zero-order valence-corrected chi connectivity index (χ0v) is 13.0. The Kier molecular flexibility index (Phi) is 3.69. The molecule has 1 aromatic heterocycles. The number of hydrogen-bond donors (Lipinski definition) is 0. The maximum absolute atomic E-state index is 12.2. The summed E-state index contributed by atoms with van der Waals surface area (Å²) < 4.78 is 30.0. The minimum atomic E-state index is -3.74. The first-order valence-corrected chi connectivity index (χ1v) is 8.11. The van der Waals surface area contributed by atoms with E-state index in [1.165, 1.54) is 11.3 Å². The van der Waals surface area contributed by atoms with Crippen LogP contribution in [0.5, 0.6) is 5.75 Å². The summed E-state index contributed by atoms with van der Waals surface area (Å²) in [6, 6.07) is 7.18. The van der Waals surface area contributed by atoms with Crippen molar-refractivity contribution in [2.24, 2.45) is 0 Å². The fraction of sp³-hybridized carbons (Fsp3) is 0.286. The Morgan fingerprint density at radius 3 is 2.16 bits per heavy atom. The molecule has 0 bridgehead atoms. The van der Waals surface area contributed by atoms with Gasteiger partial charge >= 0.3 is 10.1 Å². The fourth-order valence-corrected chi connectivity index (χ4v) is 4.04. The molecule has 1 heterocycles. The van der Waals surface area contributed by atoms with Crippen molar-refractivity contribution in [1.29, 1.82) is 0 Å². The largest absolute Gasteiger partial charge is 0.378 e. The quantitative estimate of drug-likeness (QED) is 0.810. The van der Waals surface area contributed by atoms with Crippen LogP contribution in [0.3, 0.4) is 0 Å². The molecule has 3 nitrogen and oxygen atoms in total. The molecule has 0 radical (unpaired) electrons. The standard InChI is InChI=1S/C14H16O3S2/c1-9-5-6-10(2)14(12(9)4)17-19(15,16)13-8-7-11(3)18-13/h5-8H,1-4H3. The lowest BCUT2D eigenvalue weighted by atomic mass is 10.1. The molecule has 19 heavy (non-hydrogen) atoms. The van der Waals surface area contributed by atoms with E-state index in [4.69, 9.17) is 4.18 Å². The molecule has 0 saturated heterocycles. The second kappa shape index (κ2) is 4.98. The number of thiophene rings is 1. The van der Waals surface area contributed by atoms with Crippen molar-refractivity contribution in [3.63, 3.8) is 0 Å². The highest BCUT2D eigenvalue weighted by atomic mass is 32.3. The van der Waals surface area contributed by atoms with E-state index in [-0.39, 0.29) is 4.21 Å². The van der Waals surface area contributed by atoms with Gasteiger partial charge in [0, 0.05) is 4.88 Å². The van der Waals surface area contributed by atoms with Crippen LogP contribution in [0, 0.1) is 27.7 Å². The Balaban J connectivity index is 2.44. The normalized spacial score (nSPS) is 11.6. The van der Waals surface area contributed by atoms with Crippen molar-refractivity contribution >= 4 is 21.5 Å². The van der Waals surface area contributed by atoms with Crippen LogP contribution in [-0.2, 0) is 10.1 Å². The van der Waals surface area contributed by atoms with Crippen molar-refractivity contribution in [1.82, 2.24) is 0 Å². The van der Waals surface area contributed by atoms with Gasteiger partial charge in [-0.1, -0.05) is 12.1 Å². The first kappa shape index (κ1) is 14.1. The second-order valence-electron chi connectivity index (χ2n) is 4.56. The molecule has 2 aromatic rings. The van der Waals surface area contributed by atoms with Crippen molar-refractivity contribution in [2.75, 3.05) is 0 Å². The van der Waals surface area contributed by atoms with Gasteiger partial charge in [-0.05, 0) is 56.5 Å². The monoisotopic (exact) mass is 296 g/mol. The van der Waals surface area contributed by atoms with Crippen LogP contribution in [0.2, 0.25) is 0 Å². The van der Waals surface area contributed by atoms with Crippen LogP contribution in [-0.4, -0.2) is 8.42 Å². The van der Waals surface area contributed by atoms with Gasteiger partial charge in [0.05, 0.1) is 0 Å².